The van der Waals surface area contributed by atoms with Crippen molar-refractivity contribution in [1.29, 1.82) is 0 Å². The van der Waals surface area contributed by atoms with Crippen LogP contribution in [0.3, 0.4) is 0 Å². The van der Waals surface area contributed by atoms with Gasteiger partial charge >= 0.3 is 5.97 Å². The van der Waals surface area contributed by atoms with Gasteiger partial charge in [-0.25, -0.2) is 0 Å². The number of carboxylic acid groups (broad SMARTS) is 1. The molecule has 5 heteroatoms. The molecule has 3 atom stereocenters. The Balaban J connectivity index is 4.28. The number of ether oxygens (including phenoxy) is 1. The third-order valence-corrected chi connectivity index (χ3v) is 2.49. The molecule has 0 aliphatic heterocycles. The fourth-order valence-corrected chi connectivity index (χ4v) is 1.57. The first-order valence-corrected chi connectivity index (χ1v) is 5.70. The second kappa shape index (κ2) is 8.50. The molecule has 0 aliphatic rings. The molecule has 0 saturated heterocycles. The predicted octanol–water partition coefficient (Wildman–Crippen LogP) is 0.636. The first-order valence-electron chi connectivity index (χ1n) is 5.70. The van der Waals surface area contributed by atoms with Gasteiger partial charge in [0.15, 0.2) is 0 Å². The van der Waals surface area contributed by atoms with Crippen LogP contribution in [0.5, 0.6) is 0 Å². The van der Waals surface area contributed by atoms with Gasteiger partial charge in [0.25, 0.3) is 0 Å². The number of rotatable bonds is 9. The molecule has 0 aromatic carbocycles. The van der Waals surface area contributed by atoms with Crippen molar-refractivity contribution in [3.8, 4) is 0 Å². The molecule has 0 saturated carbocycles. The minimum atomic E-state index is -0.939. The van der Waals surface area contributed by atoms with Crippen molar-refractivity contribution in [1.82, 2.24) is 0 Å². The Morgan fingerprint density at radius 3 is 2.38 bits per heavy atom. The van der Waals surface area contributed by atoms with Crippen LogP contribution in [0, 0.1) is 5.92 Å². The Labute approximate surface area is 96.0 Å². The van der Waals surface area contributed by atoms with E-state index in [2.05, 4.69) is 0 Å². The second-order valence-corrected chi connectivity index (χ2v) is 3.85. The van der Waals surface area contributed by atoms with Crippen LogP contribution in [0.15, 0.2) is 0 Å². The molecule has 96 valence electrons. The molecule has 16 heavy (non-hydrogen) atoms. The Hall–Kier alpha value is -0.650. The first kappa shape index (κ1) is 15.3. The molecule has 0 aliphatic carbocycles. The highest BCUT2D eigenvalue weighted by atomic mass is 16.5. The number of hydrogen-bond acceptors (Lipinski definition) is 4. The van der Waals surface area contributed by atoms with Gasteiger partial charge in [-0.3, -0.25) is 4.79 Å². The van der Waals surface area contributed by atoms with E-state index in [1.807, 2.05) is 6.92 Å². The maximum absolute atomic E-state index is 11.0. The lowest BCUT2D eigenvalue weighted by Gasteiger charge is -2.24. The van der Waals surface area contributed by atoms with Crippen molar-refractivity contribution in [3.05, 3.63) is 0 Å². The number of hydrogen-bond donors (Lipinski definition) is 3. The van der Waals surface area contributed by atoms with Gasteiger partial charge < -0.3 is 20.1 Å². The number of carboxylic acids is 1. The summed E-state index contributed by atoms with van der Waals surface area (Å²) < 4.78 is 5.36. The van der Waals surface area contributed by atoms with Gasteiger partial charge in [-0.1, -0.05) is 20.3 Å². The number of aliphatic hydroxyl groups excluding tert-OH is 2. The zero-order valence-corrected chi connectivity index (χ0v) is 9.93. The van der Waals surface area contributed by atoms with Crippen LogP contribution in [-0.2, 0) is 9.53 Å². The van der Waals surface area contributed by atoms with Gasteiger partial charge in [0.1, 0.15) is 6.10 Å². The lowest BCUT2D eigenvalue weighted by atomic mass is 9.96. The van der Waals surface area contributed by atoms with Crippen molar-refractivity contribution in [2.24, 2.45) is 5.92 Å². The molecule has 0 aromatic heterocycles. The first-order chi connectivity index (χ1) is 7.56. The quantitative estimate of drug-likeness (QED) is 0.545. The smallest absolute Gasteiger partial charge is 0.309 e. The topological polar surface area (TPSA) is 87.0 Å². The summed E-state index contributed by atoms with van der Waals surface area (Å²) in [5.74, 6) is -1.43. The maximum atomic E-state index is 11.0. The Morgan fingerprint density at radius 1 is 1.38 bits per heavy atom. The van der Waals surface area contributed by atoms with E-state index < -0.39 is 24.1 Å². The molecule has 3 N–H and O–H groups in total. The minimum Gasteiger partial charge on any atom is -0.481 e. The van der Waals surface area contributed by atoms with E-state index in [4.69, 9.17) is 20.1 Å². The summed E-state index contributed by atoms with van der Waals surface area (Å²) in [5, 5.41) is 26.8. The summed E-state index contributed by atoms with van der Waals surface area (Å²) in [7, 11) is 0. The van der Waals surface area contributed by atoms with Gasteiger partial charge in [-0.05, 0) is 12.8 Å². The normalized spacial score (nSPS) is 16.8. The largest absolute Gasteiger partial charge is 0.481 e. The van der Waals surface area contributed by atoms with Crippen LogP contribution in [0.4, 0.5) is 0 Å². The van der Waals surface area contributed by atoms with E-state index in [-0.39, 0.29) is 13.2 Å². The van der Waals surface area contributed by atoms with Crippen molar-refractivity contribution < 1.29 is 24.9 Å². The van der Waals surface area contributed by atoms with Crippen LogP contribution >= 0.6 is 0 Å². The molecule has 0 fully saturated rings. The van der Waals surface area contributed by atoms with Crippen molar-refractivity contribution >= 4 is 5.97 Å². The third kappa shape index (κ3) is 5.44. The van der Waals surface area contributed by atoms with Gasteiger partial charge in [0, 0.05) is 0 Å². The van der Waals surface area contributed by atoms with E-state index in [0.717, 1.165) is 6.42 Å². The van der Waals surface area contributed by atoms with Gasteiger partial charge in [0.05, 0.1) is 25.2 Å². The molecule has 0 amide bonds. The van der Waals surface area contributed by atoms with Crippen molar-refractivity contribution in [3.63, 3.8) is 0 Å². The fraction of sp³-hybridized carbons (Fsp3) is 0.909. The average molecular weight is 234 g/mol. The molecule has 0 radical (unpaired) electrons. The lowest BCUT2D eigenvalue weighted by Crippen LogP contribution is -2.33. The van der Waals surface area contributed by atoms with Crippen LogP contribution in [0.2, 0.25) is 0 Å². The summed E-state index contributed by atoms with van der Waals surface area (Å²) in [6.07, 6.45) is 0.626. The van der Waals surface area contributed by atoms with Gasteiger partial charge in [-0.15, -0.1) is 0 Å². The minimum absolute atomic E-state index is 0.0229. The lowest BCUT2D eigenvalue weighted by molar-refractivity contribution is -0.149. The highest BCUT2D eigenvalue weighted by molar-refractivity contribution is 5.70. The van der Waals surface area contributed by atoms with Crippen molar-refractivity contribution in [2.45, 2.75) is 45.3 Å². The van der Waals surface area contributed by atoms with E-state index in [9.17, 15) is 4.79 Å². The summed E-state index contributed by atoms with van der Waals surface area (Å²) in [6, 6.07) is 0. The number of aliphatic carboxylic acids is 1. The standard InChI is InChI=1S/C11H22O5/c1-3-5-10(9(4-2)11(14)15)16-7-8(13)6-12/h8-10,12-13H,3-7H2,1-2H3,(H,14,15). The highest BCUT2D eigenvalue weighted by Gasteiger charge is 2.27. The maximum Gasteiger partial charge on any atom is 0.309 e. The molecule has 0 heterocycles. The molecule has 0 spiro atoms. The molecule has 0 rings (SSSR count). The molecule has 5 nitrogen and oxygen atoms in total. The van der Waals surface area contributed by atoms with Crippen LogP contribution in [-0.4, -0.2) is 46.7 Å². The van der Waals surface area contributed by atoms with E-state index in [1.54, 1.807) is 6.92 Å². The summed E-state index contributed by atoms with van der Waals surface area (Å²) in [6.45, 7) is 3.36. The Bertz CT molecular complexity index is 195. The van der Waals surface area contributed by atoms with Crippen LogP contribution in [0.25, 0.3) is 0 Å². The second-order valence-electron chi connectivity index (χ2n) is 3.85. The fourth-order valence-electron chi connectivity index (χ4n) is 1.57. The molecule has 3 unspecified atom stereocenters. The number of aliphatic hydroxyl groups is 2. The summed E-state index contributed by atoms with van der Waals surface area (Å²) in [4.78, 5) is 11.0. The van der Waals surface area contributed by atoms with E-state index in [0.29, 0.717) is 12.8 Å². The highest BCUT2D eigenvalue weighted by Crippen LogP contribution is 2.18. The molecule has 0 aromatic rings. The van der Waals surface area contributed by atoms with Crippen molar-refractivity contribution in [2.75, 3.05) is 13.2 Å². The van der Waals surface area contributed by atoms with Crippen LogP contribution < -0.4 is 0 Å². The molecule has 0 bridgehead atoms. The number of carbonyl (C=O) groups is 1. The zero-order chi connectivity index (χ0) is 12.6. The third-order valence-electron chi connectivity index (χ3n) is 2.49. The SMILES string of the molecule is CCCC(OCC(O)CO)C(CC)C(=O)O. The molecular formula is C11H22O5. The summed E-state index contributed by atoms with van der Waals surface area (Å²) >= 11 is 0. The average Bonchev–Trinajstić information content (AvgIpc) is 2.25. The Morgan fingerprint density at radius 2 is 2.00 bits per heavy atom. The van der Waals surface area contributed by atoms with E-state index in [1.165, 1.54) is 0 Å². The van der Waals surface area contributed by atoms with Gasteiger partial charge in [-0.2, -0.15) is 0 Å². The monoisotopic (exact) mass is 234 g/mol. The summed E-state index contributed by atoms with van der Waals surface area (Å²) in [5.41, 5.74) is 0. The van der Waals surface area contributed by atoms with E-state index >= 15 is 0 Å². The Kier molecular flexibility index (Phi) is 8.15. The zero-order valence-electron chi connectivity index (χ0n) is 9.93. The van der Waals surface area contributed by atoms with Gasteiger partial charge in [0.2, 0.25) is 0 Å². The predicted molar refractivity (Wildman–Crippen MR) is 59.2 cm³/mol. The van der Waals surface area contributed by atoms with Crippen LogP contribution in [0.1, 0.15) is 33.1 Å². The molecular weight excluding hydrogens is 212 g/mol.